The summed E-state index contributed by atoms with van der Waals surface area (Å²) in [5.41, 5.74) is 1.46. The standard InChI is InChI=1S/C17H18O4/c1-20-16-12-14(17(18)19)9-10-15(16)21-11-5-8-13-6-3-2-4-7-13/h2-4,6-7,9-10,12H,5,8,11H2,1H3,(H,18,19). The van der Waals surface area contributed by atoms with E-state index in [4.69, 9.17) is 14.6 Å². The lowest BCUT2D eigenvalue weighted by Gasteiger charge is -2.11. The lowest BCUT2D eigenvalue weighted by molar-refractivity contribution is 0.0696. The van der Waals surface area contributed by atoms with Crippen LogP contribution in [-0.4, -0.2) is 24.8 Å². The molecule has 4 nitrogen and oxygen atoms in total. The fourth-order valence-electron chi connectivity index (χ4n) is 2.02. The fourth-order valence-corrected chi connectivity index (χ4v) is 2.02. The molecular weight excluding hydrogens is 268 g/mol. The second-order valence-electron chi connectivity index (χ2n) is 4.61. The lowest BCUT2D eigenvalue weighted by atomic mass is 10.1. The van der Waals surface area contributed by atoms with Crippen LogP contribution in [0.3, 0.4) is 0 Å². The average Bonchev–Trinajstić information content (AvgIpc) is 2.52. The number of carboxylic acids is 1. The summed E-state index contributed by atoms with van der Waals surface area (Å²) >= 11 is 0. The van der Waals surface area contributed by atoms with E-state index in [1.165, 1.54) is 24.8 Å². The minimum atomic E-state index is -0.982. The van der Waals surface area contributed by atoms with Crippen LogP contribution >= 0.6 is 0 Å². The largest absolute Gasteiger partial charge is 0.493 e. The molecule has 21 heavy (non-hydrogen) atoms. The number of aryl methyl sites for hydroxylation is 1. The molecule has 0 spiro atoms. The molecular formula is C17H18O4. The maximum Gasteiger partial charge on any atom is 0.335 e. The molecule has 0 unspecified atom stereocenters. The first-order valence-electron chi connectivity index (χ1n) is 6.79. The molecule has 2 aromatic rings. The minimum absolute atomic E-state index is 0.184. The number of benzene rings is 2. The number of carboxylic acid groups (broad SMARTS) is 1. The molecule has 0 aliphatic carbocycles. The van der Waals surface area contributed by atoms with Crippen molar-refractivity contribution in [1.29, 1.82) is 0 Å². The third-order valence-corrected chi connectivity index (χ3v) is 3.12. The molecule has 0 heterocycles. The summed E-state index contributed by atoms with van der Waals surface area (Å²) in [5, 5.41) is 8.94. The van der Waals surface area contributed by atoms with Crippen LogP contribution in [-0.2, 0) is 6.42 Å². The monoisotopic (exact) mass is 286 g/mol. The molecule has 0 aliphatic rings. The number of aromatic carboxylic acids is 1. The van der Waals surface area contributed by atoms with E-state index in [1.54, 1.807) is 6.07 Å². The quantitative estimate of drug-likeness (QED) is 0.792. The van der Waals surface area contributed by atoms with Crippen molar-refractivity contribution in [3.05, 3.63) is 59.7 Å². The zero-order chi connectivity index (χ0) is 15.1. The number of hydrogen-bond acceptors (Lipinski definition) is 3. The molecule has 0 saturated carbocycles. The van der Waals surface area contributed by atoms with Crippen molar-refractivity contribution in [3.8, 4) is 11.5 Å². The van der Waals surface area contributed by atoms with Gasteiger partial charge in [0.1, 0.15) is 0 Å². The summed E-state index contributed by atoms with van der Waals surface area (Å²) < 4.78 is 10.8. The molecule has 0 bridgehead atoms. The molecule has 4 heteroatoms. The lowest BCUT2D eigenvalue weighted by Crippen LogP contribution is -2.03. The maximum absolute atomic E-state index is 10.9. The van der Waals surface area contributed by atoms with E-state index in [9.17, 15) is 4.79 Å². The number of carbonyl (C=O) groups is 1. The van der Waals surface area contributed by atoms with Gasteiger partial charge in [-0.2, -0.15) is 0 Å². The van der Waals surface area contributed by atoms with Crippen LogP contribution in [0.5, 0.6) is 11.5 Å². The highest BCUT2D eigenvalue weighted by Gasteiger charge is 2.09. The maximum atomic E-state index is 10.9. The van der Waals surface area contributed by atoms with E-state index in [0.717, 1.165) is 12.8 Å². The minimum Gasteiger partial charge on any atom is -0.493 e. The molecule has 110 valence electrons. The summed E-state index contributed by atoms with van der Waals surface area (Å²) in [5.74, 6) is 0.0223. The Kier molecular flexibility index (Phi) is 5.21. The van der Waals surface area contributed by atoms with Gasteiger partial charge in [-0.25, -0.2) is 4.79 Å². The Morgan fingerprint density at radius 3 is 2.52 bits per heavy atom. The molecule has 0 radical (unpaired) electrons. The van der Waals surface area contributed by atoms with Crippen LogP contribution in [0.15, 0.2) is 48.5 Å². The number of ether oxygens (including phenoxy) is 2. The first-order valence-corrected chi connectivity index (χ1v) is 6.79. The van der Waals surface area contributed by atoms with Gasteiger partial charge in [-0.05, 0) is 36.6 Å². The number of methoxy groups -OCH3 is 1. The van der Waals surface area contributed by atoms with Crippen molar-refractivity contribution < 1.29 is 19.4 Å². The molecule has 0 aliphatic heterocycles. The molecule has 0 saturated heterocycles. The SMILES string of the molecule is COc1cc(C(=O)O)ccc1OCCCc1ccccc1. The van der Waals surface area contributed by atoms with Crippen molar-refractivity contribution in [2.24, 2.45) is 0 Å². The van der Waals surface area contributed by atoms with Crippen molar-refractivity contribution in [2.45, 2.75) is 12.8 Å². The Balaban J connectivity index is 1.89. The van der Waals surface area contributed by atoms with Gasteiger partial charge in [-0.1, -0.05) is 30.3 Å². The average molecular weight is 286 g/mol. The number of rotatable bonds is 7. The van der Waals surface area contributed by atoms with Crippen molar-refractivity contribution >= 4 is 5.97 Å². The first-order chi connectivity index (χ1) is 10.2. The van der Waals surface area contributed by atoms with Gasteiger partial charge < -0.3 is 14.6 Å². The second kappa shape index (κ2) is 7.33. The fraction of sp³-hybridized carbons (Fsp3) is 0.235. The van der Waals surface area contributed by atoms with Crippen LogP contribution < -0.4 is 9.47 Å². The van der Waals surface area contributed by atoms with Crippen LogP contribution in [0.25, 0.3) is 0 Å². The second-order valence-corrected chi connectivity index (χ2v) is 4.61. The Labute approximate surface area is 123 Å². The molecule has 1 N–H and O–H groups in total. The van der Waals surface area contributed by atoms with Gasteiger partial charge in [0, 0.05) is 0 Å². The molecule has 0 aromatic heterocycles. The highest BCUT2D eigenvalue weighted by atomic mass is 16.5. The van der Waals surface area contributed by atoms with Gasteiger partial charge in [0.25, 0.3) is 0 Å². The summed E-state index contributed by atoms with van der Waals surface area (Å²) in [4.78, 5) is 10.9. The van der Waals surface area contributed by atoms with Crippen LogP contribution in [0.2, 0.25) is 0 Å². The molecule has 0 fully saturated rings. The van der Waals surface area contributed by atoms with E-state index in [-0.39, 0.29) is 5.56 Å². The molecule has 2 aromatic carbocycles. The van der Waals surface area contributed by atoms with Gasteiger partial charge >= 0.3 is 5.97 Å². The smallest absolute Gasteiger partial charge is 0.335 e. The predicted octanol–water partition coefficient (Wildman–Crippen LogP) is 3.41. The van der Waals surface area contributed by atoms with E-state index >= 15 is 0 Å². The third kappa shape index (κ3) is 4.24. The van der Waals surface area contributed by atoms with Gasteiger partial charge in [-0.3, -0.25) is 0 Å². The van der Waals surface area contributed by atoms with E-state index < -0.39 is 5.97 Å². The Morgan fingerprint density at radius 1 is 1.10 bits per heavy atom. The summed E-state index contributed by atoms with van der Waals surface area (Å²) in [6.45, 7) is 0.553. The Bertz CT molecular complexity index is 593. The third-order valence-electron chi connectivity index (χ3n) is 3.12. The summed E-state index contributed by atoms with van der Waals surface area (Å²) in [6, 6.07) is 14.8. The topological polar surface area (TPSA) is 55.8 Å². The number of hydrogen-bond donors (Lipinski definition) is 1. The molecule has 0 amide bonds. The van der Waals surface area contributed by atoms with Gasteiger partial charge in [0.15, 0.2) is 11.5 Å². The van der Waals surface area contributed by atoms with Gasteiger partial charge in [0.05, 0.1) is 19.3 Å². The van der Waals surface area contributed by atoms with Crippen LogP contribution in [0.1, 0.15) is 22.3 Å². The molecule has 2 rings (SSSR count). The summed E-state index contributed by atoms with van der Waals surface area (Å²) in [6.07, 6.45) is 1.82. The highest BCUT2D eigenvalue weighted by Crippen LogP contribution is 2.28. The first kappa shape index (κ1) is 14.9. The van der Waals surface area contributed by atoms with Gasteiger partial charge in [-0.15, -0.1) is 0 Å². The zero-order valence-electron chi connectivity index (χ0n) is 11.9. The zero-order valence-corrected chi connectivity index (χ0v) is 11.9. The van der Waals surface area contributed by atoms with E-state index in [1.807, 2.05) is 18.2 Å². The van der Waals surface area contributed by atoms with Gasteiger partial charge in [0.2, 0.25) is 0 Å². The highest BCUT2D eigenvalue weighted by molar-refractivity contribution is 5.88. The Morgan fingerprint density at radius 2 is 1.86 bits per heavy atom. The Hall–Kier alpha value is -2.49. The van der Waals surface area contributed by atoms with Crippen LogP contribution in [0, 0.1) is 0 Å². The van der Waals surface area contributed by atoms with E-state index in [0.29, 0.717) is 18.1 Å². The van der Waals surface area contributed by atoms with Crippen molar-refractivity contribution in [2.75, 3.05) is 13.7 Å². The van der Waals surface area contributed by atoms with Crippen LogP contribution in [0.4, 0.5) is 0 Å². The predicted molar refractivity (Wildman–Crippen MR) is 80.2 cm³/mol. The normalized spacial score (nSPS) is 10.1. The van der Waals surface area contributed by atoms with Crippen molar-refractivity contribution in [3.63, 3.8) is 0 Å². The summed E-state index contributed by atoms with van der Waals surface area (Å²) in [7, 11) is 1.50. The van der Waals surface area contributed by atoms with Crippen molar-refractivity contribution in [1.82, 2.24) is 0 Å². The van der Waals surface area contributed by atoms with E-state index in [2.05, 4.69) is 12.1 Å². The molecule has 0 atom stereocenters.